The van der Waals surface area contributed by atoms with Gasteiger partial charge in [-0.25, -0.2) is 0 Å². The third-order valence-corrected chi connectivity index (χ3v) is 8.12. The lowest BCUT2D eigenvalue weighted by Crippen LogP contribution is -2.28. The SMILES string of the molecule is CC/C=C\C[C@H](O)/C=C/C=C\C/C=C\C=C\[C@H](O)/C=C\CCCC(=O)O[C@@H](CO)COC(=O)CCCCCCCCCCCCCCC(C)C. The maximum absolute atomic E-state index is 12.2. The summed E-state index contributed by atoms with van der Waals surface area (Å²) in [5, 5.41) is 29.4. The first kappa shape index (κ1) is 47.3. The molecular weight excluding hydrogens is 628 g/mol. The van der Waals surface area contributed by atoms with Crippen molar-refractivity contribution in [2.24, 2.45) is 5.92 Å². The van der Waals surface area contributed by atoms with Gasteiger partial charge in [0.1, 0.15) is 6.61 Å². The van der Waals surface area contributed by atoms with Gasteiger partial charge in [-0.1, -0.05) is 171 Å². The van der Waals surface area contributed by atoms with Crippen LogP contribution in [0, 0.1) is 5.92 Å². The Morgan fingerprint density at radius 3 is 1.82 bits per heavy atom. The van der Waals surface area contributed by atoms with Crippen molar-refractivity contribution < 1.29 is 34.4 Å². The second kappa shape index (κ2) is 36.1. The average Bonchev–Trinajstić information content (AvgIpc) is 3.09. The van der Waals surface area contributed by atoms with Gasteiger partial charge in [-0.3, -0.25) is 9.59 Å². The Labute approximate surface area is 305 Å². The third kappa shape index (κ3) is 35.1. The van der Waals surface area contributed by atoms with Crippen LogP contribution in [0.2, 0.25) is 0 Å². The van der Waals surface area contributed by atoms with Crippen molar-refractivity contribution in [3.63, 3.8) is 0 Å². The van der Waals surface area contributed by atoms with E-state index in [9.17, 15) is 24.9 Å². The molecule has 0 fully saturated rings. The summed E-state index contributed by atoms with van der Waals surface area (Å²) in [5.41, 5.74) is 0. The summed E-state index contributed by atoms with van der Waals surface area (Å²) < 4.78 is 10.5. The van der Waals surface area contributed by atoms with Gasteiger partial charge in [0.15, 0.2) is 6.10 Å². The molecule has 0 aromatic carbocycles. The number of unbranched alkanes of at least 4 members (excludes halogenated alkanes) is 12. The van der Waals surface area contributed by atoms with Crippen molar-refractivity contribution in [1.82, 2.24) is 0 Å². The van der Waals surface area contributed by atoms with Crippen LogP contribution >= 0.6 is 0 Å². The number of hydrogen-bond acceptors (Lipinski definition) is 7. The number of rotatable bonds is 33. The minimum atomic E-state index is -0.861. The molecule has 0 aliphatic rings. The normalized spacial score (nSPS) is 14.4. The van der Waals surface area contributed by atoms with Gasteiger partial charge in [-0.05, 0) is 44.4 Å². The molecule has 0 saturated heterocycles. The zero-order valence-corrected chi connectivity index (χ0v) is 31.8. The Bertz CT molecular complexity index is 976. The lowest BCUT2D eigenvalue weighted by Gasteiger charge is -2.15. The van der Waals surface area contributed by atoms with E-state index in [0.717, 1.165) is 38.0 Å². The van der Waals surface area contributed by atoms with E-state index in [1.807, 2.05) is 48.6 Å². The number of carbonyl (C=O) groups excluding carboxylic acids is 2. The molecule has 0 radical (unpaired) electrons. The number of esters is 2. The van der Waals surface area contributed by atoms with Crippen LogP contribution in [0.15, 0.2) is 72.9 Å². The third-order valence-electron chi connectivity index (χ3n) is 8.12. The van der Waals surface area contributed by atoms with Crippen molar-refractivity contribution in [3.05, 3.63) is 72.9 Å². The molecule has 0 amide bonds. The topological polar surface area (TPSA) is 113 Å². The van der Waals surface area contributed by atoms with E-state index in [1.54, 1.807) is 24.3 Å². The number of allylic oxidation sites excluding steroid dienone is 8. The maximum Gasteiger partial charge on any atom is 0.306 e. The fourth-order valence-electron chi connectivity index (χ4n) is 5.12. The lowest BCUT2D eigenvalue weighted by molar-refractivity contribution is -0.161. The van der Waals surface area contributed by atoms with Gasteiger partial charge >= 0.3 is 11.9 Å². The summed E-state index contributed by atoms with van der Waals surface area (Å²) in [7, 11) is 0. The van der Waals surface area contributed by atoms with E-state index in [4.69, 9.17) is 9.47 Å². The summed E-state index contributed by atoms with van der Waals surface area (Å²) >= 11 is 0. The van der Waals surface area contributed by atoms with Crippen molar-refractivity contribution in [3.8, 4) is 0 Å². The highest BCUT2D eigenvalue weighted by atomic mass is 16.6. The smallest absolute Gasteiger partial charge is 0.306 e. The lowest BCUT2D eigenvalue weighted by atomic mass is 10.0. The number of aliphatic hydroxyl groups excluding tert-OH is 3. The first-order valence-corrected chi connectivity index (χ1v) is 19.6. The van der Waals surface area contributed by atoms with Gasteiger partial charge in [0.05, 0.1) is 18.8 Å². The Morgan fingerprint density at radius 2 is 1.22 bits per heavy atom. The molecule has 0 heterocycles. The van der Waals surface area contributed by atoms with Crippen molar-refractivity contribution >= 4 is 11.9 Å². The van der Waals surface area contributed by atoms with E-state index in [-0.39, 0.29) is 19.0 Å². The average molecular weight is 701 g/mol. The first-order valence-electron chi connectivity index (χ1n) is 19.6. The first-order chi connectivity index (χ1) is 24.3. The number of aliphatic hydroxyl groups is 3. The molecule has 7 heteroatoms. The molecule has 0 unspecified atom stereocenters. The highest BCUT2D eigenvalue weighted by Gasteiger charge is 2.16. The Morgan fingerprint density at radius 1 is 0.640 bits per heavy atom. The summed E-state index contributed by atoms with van der Waals surface area (Å²) in [4.78, 5) is 24.2. The Kier molecular flexibility index (Phi) is 34.1. The fourth-order valence-corrected chi connectivity index (χ4v) is 5.12. The van der Waals surface area contributed by atoms with Gasteiger partial charge in [0, 0.05) is 12.8 Å². The Hall–Kier alpha value is -2.74. The van der Waals surface area contributed by atoms with Crippen molar-refractivity contribution in [2.75, 3.05) is 13.2 Å². The molecule has 0 rings (SSSR count). The molecule has 286 valence electrons. The minimum absolute atomic E-state index is 0.139. The zero-order chi connectivity index (χ0) is 36.9. The number of hydrogen-bond donors (Lipinski definition) is 3. The van der Waals surface area contributed by atoms with Crippen molar-refractivity contribution in [2.45, 2.75) is 167 Å². The predicted octanol–water partition coefficient (Wildman–Crippen LogP) is 9.97. The minimum Gasteiger partial charge on any atom is -0.462 e. The summed E-state index contributed by atoms with van der Waals surface area (Å²) in [6, 6.07) is 0. The molecule has 0 aliphatic carbocycles. The molecule has 0 spiro atoms. The molecule has 3 N–H and O–H groups in total. The molecule has 0 aromatic heterocycles. The quantitative estimate of drug-likeness (QED) is 0.0270. The van der Waals surface area contributed by atoms with E-state index in [2.05, 4.69) is 20.8 Å². The highest BCUT2D eigenvalue weighted by molar-refractivity contribution is 5.70. The van der Waals surface area contributed by atoms with Gasteiger partial charge in [-0.2, -0.15) is 0 Å². The van der Waals surface area contributed by atoms with E-state index < -0.39 is 30.9 Å². The van der Waals surface area contributed by atoms with E-state index in [0.29, 0.717) is 25.7 Å². The largest absolute Gasteiger partial charge is 0.462 e. The molecule has 0 aromatic rings. The van der Waals surface area contributed by atoms with Gasteiger partial charge < -0.3 is 24.8 Å². The summed E-state index contributed by atoms with van der Waals surface area (Å²) in [5.74, 6) is 0.0481. The molecule has 0 aliphatic heterocycles. The van der Waals surface area contributed by atoms with E-state index in [1.165, 1.54) is 64.2 Å². The number of carbonyl (C=O) groups is 2. The second-order valence-corrected chi connectivity index (χ2v) is 13.5. The van der Waals surface area contributed by atoms with Gasteiger partial charge in [0.25, 0.3) is 0 Å². The molecule has 0 saturated carbocycles. The summed E-state index contributed by atoms with van der Waals surface area (Å²) in [6.07, 6.45) is 40.4. The highest BCUT2D eigenvalue weighted by Crippen LogP contribution is 2.14. The maximum atomic E-state index is 12.2. The number of ether oxygens (including phenoxy) is 2. The van der Waals surface area contributed by atoms with Crippen LogP contribution in [0.3, 0.4) is 0 Å². The van der Waals surface area contributed by atoms with Crippen LogP contribution in [-0.2, 0) is 19.1 Å². The molecule has 50 heavy (non-hydrogen) atoms. The van der Waals surface area contributed by atoms with Crippen LogP contribution in [0.25, 0.3) is 0 Å². The van der Waals surface area contributed by atoms with Crippen LogP contribution in [0.4, 0.5) is 0 Å². The van der Waals surface area contributed by atoms with Crippen molar-refractivity contribution in [1.29, 1.82) is 0 Å². The fraction of sp³-hybridized carbons (Fsp3) is 0.674. The second-order valence-electron chi connectivity index (χ2n) is 13.5. The monoisotopic (exact) mass is 701 g/mol. The molecular formula is C43H72O7. The van der Waals surface area contributed by atoms with Crippen LogP contribution in [-0.4, -0.2) is 58.8 Å². The molecule has 3 atom stereocenters. The summed E-state index contributed by atoms with van der Waals surface area (Å²) in [6.45, 7) is 6.11. The van der Waals surface area contributed by atoms with Crippen LogP contribution in [0.1, 0.15) is 149 Å². The molecule has 0 bridgehead atoms. The van der Waals surface area contributed by atoms with Gasteiger partial charge in [0.2, 0.25) is 0 Å². The van der Waals surface area contributed by atoms with Crippen LogP contribution in [0.5, 0.6) is 0 Å². The van der Waals surface area contributed by atoms with Crippen LogP contribution < -0.4 is 0 Å². The molecule has 7 nitrogen and oxygen atoms in total. The standard InChI is InChI=1S/C43H72O7/c1-4-5-22-30-39(45)31-24-18-14-12-15-19-25-32-40(46)33-26-21-28-35-43(48)50-41(36-44)37-49-42(47)34-27-20-16-11-9-7-6-8-10-13-17-23-29-38(2)3/h5,14-15,18-19,22,24-26,31-33,38-41,44-46H,4,6-13,16-17,20-21,23,27-30,34-37H2,1-3H3/b18-14-,19-15-,22-5-,31-24+,32-25+,33-26-/t39-,40-,41-/m0/s1. The Balaban J connectivity index is 3.86. The predicted molar refractivity (Wildman–Crippen MR) is 208 cm³/mol. The zero-order valence-electron chi connectivity index (χ0n) is 31.8. The van der Waals surface area contributed by atoms with Gasteiger partial charge in [-0.15, -0.1) is 0 Å². The van der Waals surface area contributed by atoms with E-state index >= 15 is 0 Å².